The van der Waals surface area contributed by atoms with E-state index in [0.29, 0.717) is 11.3 Å². The molecule has 0 aliphatic heterocycles. The topological polar surface area (TPSA) is 63.9 Å². The molecule has 0 spiro atoms. The smallest absolute Gasteiger partial charge is 0.420 e. The van der Waals surface area contributed by atoms with Crippen molar-refractivity contribution in [3.8, 4) is 5.75 Å². The van der Waals surface area contributed by atoms with Gasteiger partial charge < -0.3 is 15.5 Å². The largest absolute Gasteiger partial charge is 0.494 e. The molecule has 0 aliphatic carbocycles. The first-order valence-corrected chi connectivity index (χ1v) is 5.69. The summed E-state index contributed by atoms with van der Waals surface area (Å²) in [6.07, 6.45) is -4.53. The summed E-state index contributed by atoms with van der Waals surface area (Å²) in [5, 5.41) is 0. The van der Waals surface area contributed by atoms with Crippen molar-refractivity contribution in [1.82, 2.24) is 9.97 Å². The second kappa shape index (κ2) is 4.32. The maximum atomic E-state index is 12.9. The number of benzene rings is 1. The molecule has 2 aromatic rings. The highest BCUT2D eigenvalue weighted by molar-refractivity contribution is 5.92. The van der Waals surface area contributed by atoms with Crippen LogP contribution in [0.2, 0.25) is 0 Å². The van der Waals surface area contributed by atoms with E-state index >= 15 is 0 Å². The van der Waals surface area contributed by atoms with Crippen LogP contribution in [-0.4, -0.2) is 17.1 Å². The third-order valence-corrected chi connectivity index (χ3v) is 2.84. The number of hydrogen-bond acceptors (Lipinski definition) is 3. The molecule has 0 aliphatic rings. The van der Waals surface area contributed by atoms with Gasteiger partial charge in [-0.15, -0.1) is 0 Å². The van der Waals surface area contributed by atoms with Gasteiger partial charge in [-0.05, 0) is 6.07 Å². The first-order valence-electron chi connectivity index (χ1n) is 5.69. The molecule has 0 amide bonds. The second-order valence-electron chi connectivity index (χ2n) is 4.54. The van der Waals surface area contributed by atoms with E-state index in [-0.39, 0.29) is 22.9 Å². The highest BCUT2D eigenvalue weighted by Gasteiger charge is 2.36. The Morgan fingerprint density at radius 1 is 1.37 bits per heavy atom. The van der Waals surface area contributed by atoms with Crippen LogP contribution in [0.5, 0.6) is 5.75 Å². The number of aromatic nitrogens is 2. The van der Waals surface area contributed by atoms with Crippen LogP contribution in [0, 0.1) is 0 Å². The summed E-state index contributed by atoms with van der Waals surface area (Å²) in [7, 11) is 1.16. The lowest BCUT2D eigenvalue weighted by atomic mass is 10.1. The average molecular weight is 273 g/mol. The molecule has 3 N–H and O–H groups in total. The highest BCUT2D eigenvalue weighted by Crippen LogP contribution is 2.42. The SMILES string of the molecule is COc1c(C(F)(F)F)cc2[nH]c(C(C)C)nc2c1N. The molecule has 7 heteroatoms. The summed E-state index contributed by atoms with van der Waals surface area (Å²) in [6, 6.07) is 0.976. The van der Waals surface area contributed by atoms with Gasteiger partial charge >= 0.3 is 6.18 Å². The summed E-state index contributed by atoms with van der Waals surface area (Å²) >= 11 is 0. The number of nitrogens with one attached hydrogen (secondary N) is 1. The lowest BCUT2D eigenvalue weighted by Gasteiger charge is -2.13. The Hall–Kier alpha value is -1.92. The minimum absolute atomic E-state index is 0.0622. The molecule has 0 atom stereocenters. The number of aromatic amines is 1. The molecular weight excluding hydrogens is 259 g/mol. The van der Waals surface area contributed by atoms with Gasteiger partial charge in [0.15, 0.2) is 5.75 Å². The third-order valence-electron chi connectivity index (χ3n) is 2.84. The highest BCUT2D eigenvalue weighted by atomic mass is 19.4. The Labute approximate surface area is 107 Å². The summed E-state index contributed by atoms with van der Waals surface area (Å²) in [5.41, 5.74) is 5.29. The molecule has 19 heavy (non-hydrogen) atoms. The van der Waals surface area contributed by atoms with Crippen LogP contribution in [0.15, 0.2) is 6.07 Å². The number of nitrogens with two attached hydrogens (primary N) is 1. The summed E-state index contributed by atoms with van der Waals surface area (Å²) < 4.78 is 43.6. The van der Waals surface area contributed by atoms with Gasteiger partial charge in [0.25, 0.3) is 0 Å². The predicted octanol–water partition coefficient (Wildman–Crippen LogP) is 3.30. The van der Waals surface area contributed by atoms with E-state index in [1.165, 1.54) is 0 Å². The molecule has 0 radical (unpaired) electrons. The van der Waals surface area contributed by atoms with Gasteiger partial charge in [0.05, 0.1) is 12.6 Å². The summed E-state index contributed by atoms with van der Waals surface area (Å²) in [5.74, 6) is 0.261. The van der Waals surface area contributed by atoms with Crippen LogP contribution in [0.3, 0.4) is 0 Å². The van der Waals surface area contributed by atoms with Gasteiger partial charge in [0, 0.05) is 5.92 Å². The number of ether oxygens (including phenoxy) is 1. The first-order chi connectivity index (χ1) is 8.75. The van der Waals surface area contributed by atoms with E-state index in [0.717, 1.165) is 13.2 Å². The van der Waals surface area contributed by atoms with E-state index in [1.807, 2.05) is 13.8 Å². The van der Waals surface area contributed by atoms with Crippen molar-refractivity contribution in [3.63, 3.8) is 0 Å². The number of methoxy groups -OCH3 is 1. The zero-order valence-electron chi connectivity index (χ0n) is 10.7. The van der Waals surface area contributed by atoms with Crippen molar-refractivity contribution < 1.29 is 17.9 Å². The molecule has 1 aromatic carbocycles. The lowest BCUT2D eigenvalue weighted by molar-refractivity contribution is -0.138. The van der Waals surface area contributed by atoms with E-state index in [9.17, 15) is 13.2 Å². The van der Waals surface area contributed by atoms with Crippen molar-refractivity contribution in [2.75, 3.05) is 12.8 Å². The Balaban J connectivity index is 2.78. The standard InChI is InChI=1S/C12H14F3N3O/c1-5(2)11-17-7-4-6(12(13,14)15)10(19-3)8(16)9(7)18-11/h4-5H,16H2,1-3H3,(H,17,18). The minimum atomic E-state index is -4.53. The maximum absolute atomic E-state index is 12.9. The van der Waals surface area contributed by atoms with Crippen LogP contribution < -0.4 is 10.5 Å². The molecule has 1 aromatic heterocycles. The van der Waals surface area contributed by atoms with Crippen LogP contribution in [0.25, 0.3) is 11.0 Å². The van der Waals surface area contributed by atoms with Gasteiger partial charge in [-0.25, -0.2) is 4.98 Å². The van der Waals surface area contributed by atoms with E-state index < -0.39 is 11.7 Å². The van der Waals surface area contributed by atoms with Gasteiger partial charge in [0.1, 0.15) is 22.6 Å². The van der Waals surface area contributed by atoms with Gasteiger partial charge in [-0.2, -0.15) is 13.2 Å². The predicted molar refractivity (Wildman–Crippen MR) is 66.1 cm³/mol. The number of rotatable bonds is 2. The van der Waals surface area contributed by atoms with E-state index in [1.54, 1.807) is 0 Å². The van der Waals surface area contributed by atoms with Crippen LogP contribution in [-0.2, 0) is 6.18 Å². The number of H-pyrrole nitrogens is 1. The van der Waals surface area contributed by atoms with Crippen molar-refractivity contribution in [3.05, 3.63) is 17.5 Å². The number of fused-ring (bicyclic) bond motifs is 1. The molecule has 4 nitrogen and oxygen atoms in total. The van der Waals surface area contributed by atoms with Crippen molar-refractivity contribution in [1.29, 1.82) is 0 Å². The molecular formula is C12H14F3N3O. The monoisotopic (exact) mass is 273 g/mol. The third kappa shape index (κ3) is 2.20. The lowest BCUT2D eigenvalue weighted by Crippen LogP contribution is -2.09. The Morgan fingerprint density at radius 3 is 2.47 bits per heavy atom. The molecule has 0 fully saturated rings. The zero-order valence-corrected chi connectivity index (χ0v) is 10.7. The number of hydrogen-bond donors (Lipinski definition) is 2. The van der Waals surface area contributed by atoms with E-state index in [4.69, 9.17) is 10.5 Å². The number of halogens is 3. The molecule has 0 bridgehead atoms. The molecule has 0 saturated carbocycles. The zero-order chi connectivity index (χ0) is 14.4. The van der Waals surface area contributed by atoms with Gasteiger partial charge in [-0.1, -0.05) is 13.8 Å². The van der Waals surface area contributed by atoms with Crippen molar-refractivity contribution in [2.45, 2.75) is 25.9 Å². The maximum Gasteiger partial charge on any atom is 0.420 e. The van der Waals surface area contributed by atoms with Gasteiger partial charge in [-0.3, -0.25) is 0 Å². The van der Waals surface area contributed by atoms with E-state index in [2.05, 4.69) is 9.97 Å². The number of nitrogen functional groups attached to an aromatic ring is 1. The Morgan fingerprint density at radius 2 is 2.00 bits per heavy atom. The number of nitrogens with zero attached hydrogens (tertiary/aromatic N) is 1. The molecule has 0 saturated heterocycles. The minimum Gasteiger partial charge on any atom is -0.494 e. The molecule has 2 rings (SSSR count). The van der Waals surface area contributed by atoms with Crippen LogP contribution in [0.4, 0.5) is 18.9 Å². The summed E-state index contributed by atoms with van der Waals surface area (Å²) in [4.78, 5) is 7.07. The molecule has 0 unspecified atom stereocenters. The van der Waals surface area contributed by atoms with Gasteiger partial charge in [0.2, 0.25) is 0 Å². The number of imidazole rings is 1. The Bertz CT molecular complexity index is 617. The second-order valence-corrected chi connectivity index (χ2v) is 4.54. The van der Waals surface area contributed by atoms with Crippen LogP contribution >= 0.6 is 0 Å². The fraction of sp³-hybridized carbons (Fsp3) is 0.417. The normalized spacial score (nSPS) is 12.4. The van der Waals surface area contributed by atoms with Crippen LogP contribution in [0.1, 0.15) is 31.2 Å². The molecule has 1 heterocycles. The average Bonchev–Trinajstić information content (AvgIpc) is 2.72. The Kier molecular flexibility index (Phi) is 3.07. The first kappa shape index (κ1) is 13.5. The quantitative estimate of drug-likeness (QED) is 0.825. The fourth-order valence-corrected chi connectivity index (χ4v) is 1.88. The number of anilines is 1. The number of alkyl halides is 3. The van der Waals surface area contributed by atoms with Crippen molar-refractivity contribution in [2.24, 2.45) is 0 Å². The van der Waals surface area contributed by atoms with Crippen molar-refractivity contribution >= 4 is 16.7 Å². The fourth-order valence-electron chi connectivity index (χ4n) is 1.88. The molecule has 104 valence electrons. The summed E-state index contributed by atoms with van der Waals surface area (Å²) in [6.45, 7) is 3.77.